The average molecular weight is 1690 g/mol. The van der Waals surface area contributed by atoms with E-state index in [0.29, 0.717) is 133 Å². The van der Waals surface area contributed by atoms with Gasteiger partial charge in [0.25, 0.3) is 17.7 Å². The van der Waals surface area contributed by atoms with E-state index in [-0.39, 0.29) is 85.7 Å². The van der Waals surface area contributed by atoms with E-state index < -0.39 is 30.3 Å². The molecule has 3 heterocycles. The summed E-state index contributed by atoms with van der Waals surface area (Å²) < 4.78 is 39.4. The van der Waals surface area contributed by atoms with Gasteiger partial charge in [0.1, 0.15) is 40.5 Å². The minimum Gasteiger partial charge on any atom is -0.496 e. The molecule has 2 saturated carbocycles. The number of hydrogen-bond acceptors (Lipinski definition) is 18. The van der Waals surface area contributed by atoms with Crippen LogP contribution in [0.4, 0.5) is 0 Å². The molecule has 27 nitrogen and oxygen atoms in total. The summed E-state index contributed by atoms with van der Waals surface area (Å²) >= 11 is 0. The molecule has 2 fully saturated rings. The number of carbonyl (C=O) groups excluding carboxylic acids is 6. The minimum atomic E-state index is -0.804. The highest BCUT2D eigenvalue weighted by atomic mass is 16.5. The molecule has 4 aromatic carbocycles. The molecule has 0 radical (unpaired) electrons. The van der Waals surface area contributed by atoms with Crippen LogP contribution in [0.25, 0.3) is 33.8 Å². The van der Waals surface area contributed by atoms with E-state index in [2.05, 4.69) is 78.5 Å². The summed E-state index contributed by atoms with van der Waals surface area (Å²) in [6.07, 6.45) is 19.9. The smallest absolute Gasteiger partial charge is 0.272 e. The van der Waals surface area contributed by atoms with Crippen LogP contribution < -0.4 is 60.3 Å². The molecule has 7 atom stereocenters. The lowest BCUT2D eigenvalue weighted by Gasteiger charge is -2.24. The Labute approximate surface area is 724 Å². The van der Waals surface area contributed by atoms with Gasteiger partial charge in [0, 0.05) is 64.2 Å². The van der Waals surface area contributed by atoms with Gasteiger partial charge in [0.15, 0.2) is 17.1 Å². The molecule has 9 N–H and O–H groups in total. The fourth-order valence-corrected chi connectivity index (χ4v) is 15.6. The number of aryl methyl sites for hydroxylation is 1. The summed E-state index contributed by atoms with van der Waals surface area (Å²) in [5.41, 5.74) is 6.21. The SMILES string of the molecule is CCC(C)Cn1nc(C(=O)N[C@@H](CCC2CCCCC2)CC(=O)NCC(O)CC)cc1-c1c(OC)cccc1OC.CCC(O)CNC(=O)C[C@H](CCC1CCCCC1)NC(=O)c1cc(-c2c(OC)cccc2OC)n(CC(CC)CC)n1.CCC(O)CNC(=O)[C@H](CCc1ccccc1)NC(=O)c1cc(-c2c(OC)cccc2OC)n(CC(C)C)n1. The van der Waals surface area contributed by atoms with Gasteiger partial charge in [0.05, 0.1) is 94.7 Å². The Kier molecular flexibility index (Phi) is 42.6. The van der Waals surface area contributed by atoms with Crippen LogP contribution in [0.5, 0.6) is 34.5 Å². The molecule has 6 amide bonds. The molecule has 9 rings (SSSR count). The molecule has 3 aromatic heterocycles. The Morgan fingerprint density at radius 2 is 0.770 bits per heavy atom. The molecule has 2 aliphatic carbocycles. The van der Waals surface area contributed by atoms with Crippen molar-refractivity contribution in [3.05, 3.63) is 126 Å². The zero-order valence-corrected chi connectivity index (χ0v) is 75.3. The Hall–Kier alpha value is -9.99. The molecule has 0 aliphatic heterocycles. The maximum atomic E-state index is 13.7. The molecule has 27 heteroatoms. The highest BCUT2D eigenvalue weighted by Crippen LogP contribution is 2.43. The molecule has 122 heavy (non-hydrogen) atoms. The van der Waals surface area contributed by atoms with Crippen LogP contribution in [-0.2, 0) is 40.4 Å². The highest BCUT2D eigenvalue weighted by Gasteiger charge is 2.31. The third kappa shape index (κ3) is 30.8. The molecule has 4 unspecified atom stereocenters. The fraction of sp³-hybridized carbons (Fsp3) is 0.589. The second kappa shape index (κ2) is 52.5. The van der Waals surface area contributed by atoms with Crippen LogP contribution in [0, 0.1) is 29.6 Å². The molecule has 7 aromatic rings. The number of nitrogens with one attached hydrogen (secondary N) is 6. The van der Waals surface area contributed by atoms with Crippen LogP contribution in [0.3, 0.4) is 0 Å². The first kappa shape index (κ1) is 99.1. The van der Waals surface area contributed by atoms with Crippen molar-refractivity contribution in [2.45, 2.75) is 272 Å². The van der Waals surface area contributed by atoms with Gasteiger partial charge in [0.2, 0.25) is 17.7 Å². The normalized spacial score (nSPS) is 14.7. The van der Waals surface area contributed by atoms with Gasteiger partial charge in [-0.1, -0.05) is 194 Å². The molecule has 0 bridgehead atoms. The lowest BCUT2D eigenvalue weighted by molar-refractivity contribution is -0.124. The van der Waals surface area contributed by atoms with E-state index in [0.717, 1.165) is 73.0 Å². The van der Waals surface area contributed by atoms with Gasteiger partial charge in [-0.3, -0.25) is 42.8 Å². The number of benzene rings is 4. The number of rotatable bonds is 47. The predicted octanol–water partition coefficient (Wildman–Crippen LogP) is 14.9. The largest absolute Gasteiger partial charge is 0.496 e. The van der Waals surface area contributed by atoms with E-state index in [4.69, 9.17) is 38.6 Å². The number of nitrogens with zero attached hydrogens (tertiary/aromatic N) is 6. The maximum absolute atomic E-state index is 13.7. The van der Waals surface area contributed by atoms with Crippen molar-refractivity contribution in [3.8, 4) is 68.3 Å². The number of hydrogen-bond donors (Lipinski definition) is 9. The van der Waals surface area contributed by atoms with Crippen molar-refractivity contribution in [2.75, 3.05) is 62.3 Å². The first-order chi connectivity index (χ1) is 58.9. The van der Waals surface area contributed by atoms with Crippen LogP contribution in [0.1, 0.15) is 247 Å². The van der Waals surface area contributed by atoms with E-state index in [1.54, 1.807) is 65.5 Å². The van der Waals surface area contributed by atoms with Crippen LogP contribution in [0.2, 0.25) is 0 Å². The van der Waals surface area contributed by atoms with Crippen LogP contribution in [0.15, 0.2) is 103 Å². The van der Waals surface area contributed by atoms with E-state index in [1.165, 1.54) is 64.2 Å². The van der Waals surface area contributed by atoms with Crippen molar-refractivity contribution in [1.82, 2.24) is 61.2 Å². The van der Waals surface area contributed by atoms with Crippen molar-refractivity contribution >= 4 is 35.4 Å². The van der Waals surface area contributed by atoms with E-state index >= 15 is 0 Å². The van der Waals surface area contributed by atoms with Gasteiger partial charge < -0.3 is 75.6 Å². The number of methoxy groups -OCH3 is 6. The van der Waals surface area contributed by atoms with E-state index in [1.807, 2.05) is 115 Å². The van der Waals surface area contributed by atoms with Crippen molar-refractivity contribution < 1.29 is 72.5 Å². The minimum absolute atomic E-state index is 0.119. The Morgan fingerprint density at radius 1 is 0.418 bits per heavy atom. The van der Waals surface area contributed by atoms with Gasteiger partial charge in [-0.05, 0) is 148 Å². The zero-order valence-electron chi connectivity index (χ0n) is 75.3. The van der Waals surface area contributed by atoms with E-state index in [9.17, 15) is 44.1 Å². The topological polar surface area (TPSA) is 344 Å². The highest BCUT2D eigenvalue weighted by molar-refractivity contribution is 5.98. The van der Waals surface area contributed by atoms with Crippen molar-refractivity contribution in [3.63, 3.8) is 0 Å². The number of amides is 6. The third-order valence-corrected chi connectivity index (χ3v) is 23.4. The number of carbonyl (C=O) groups is 6. The summed E-state index contributed by atoms with van der Waals surface area (Å²) in [6, 6.07) is 30.3. The molecule has 0 saturated heterocycles. The predicted molar refractivity (Wildman–Crippen MR) is 478 cm³/mol. The first-order valence-corrected chi connectivity index (χ1v) is 44.6. The molecular weight excluding hydrogens is 1550 g/mol. The number of aromatic nitrogens is 6. The quantitative estimate of drug-likeness (QED) is 0.0171. The Bertz CT molecular complexity index is 4250. The Balaban J connectivity index is 0.000000252. The van der Waals surface area contributed by atoms with Crippen LogP contribution >= 0.6 is 0 Å². The average Bonchev–Trinajstić information content (AvgIpc) is 1.64. The molecular formula is C95H142N12O15. The van der Waals surface area contributed by atoms with Gasteiger partial charge >= 0.3 is 0 Å². The second-order valence-electron chi connectivity index (χ2n) is 33.0. The molecule has 0 spiro atoms. The third-order valence-electron chi connectivity index (χ3n) is 23.4. The maximum Gasteiger partial charge on any atom is 0.272 e. The van der Waals surface area contributed by atoms with Gasteiger partial charge in [-0.2, -0.15) is 15.3 Å². The molecule has 672 valence electrons. The number of ether oxygens (including phenoxy) is 6. The first-order valence-electron chi connectivity index (χ1n) is 44.6. The summed E-state index contributed by atoms with van der Waals surface area (Å²) in [5, 5.41) is 61.4. The lowest BCUT2D eigenvalue weighted by Crippen LogP contribution is -2.48. The summed E-state index contributed by atoms with van der Waals surface area (Å²) in [7, 11) is 9.64. The second-order valence-corrected chi connectivity index (χ2v) is 33.0. The summed E-state index contributed by atoms with van der Waals surface area (Å²) in [6.45, 7) is 20.7. The fourth-order valence-electron chi connectivity index (χ4n) is 15.6. The summed E-state index contributed by atoms with van der Waals surface area (Å²) in [5.74, 6) is 4.25. The van der Waals surface area contributed by atoms with Crippen molar-refractivity contribution in [1.29, 1.82) is 0 Å². The van der Waals surface area contributed by atoms with Crippen LogP contribution in [-0.4, -0.2) is 179 Å². The monoisotopic (exact) mass is 1690 g/mol. The number of aliphatic hydroxyl groups is 3. The summed E-state index contributed by atoms with van der Waals surface area (Å²) in [4.78, 5) is 79.4. The van der Waals surface area contributed by atoms with Gasteiger partial charge in [-0.15, -0.1) is 0 Å². The van der Waals surface area contributed by atoms with Crippen molar-refractivity contribution in [2.24, 2.45) is 29.6 Å². The van der Waals surface area contributed by atoms with Gasteiger partial charge in [-0.25, -0.2) is 0 Å². The lowest BCUT2D eigenvalue weighted by atomic mass is 9.85. The molecule has 2 aliphatic rings. The zero-order chi connectivity index (χ0) is 88.6. The number of aliphatic hydroxyl groups excluding tert-OH is 3. The Morgan fingerprint density at radius 3 is 1.11 bits per heavy atom. The standard InChI is InChI=1S/C33H52N4O5.C32H50N4O5.C30H40N4O5/c1-6-23(7-2)22-37-28(32-29(41-4)15-12-16-30(32)42-5)20-27(36-37)33(40)35-25(18-17-24-13-10-9-11-14-24)19-31(39)34-21-26(38)8-3;1-6-22(3)21-36-27(31-28(40-4)14-11-15-29(31)41-5)19-26(35-36)32(39)34-24(17-16-23-12-9-8-10-13-23)18-30(38)33-20-25(37)7-2;1-6-22(35)18-31-29(36)23(16-15-21-11-8-7-9-12-21)32-30(37)24-17-25(34(33-24)19-20(2)3)28-26(38-4)13-10-14-27(28)39-5/h12,15-16,20,23-26,38H,6-11,13-14,17-19,21-22H2,1-5H3,(H,34,39)(H,35,40);11,14-15,19,22-25,37H,6-10,12-13,16-18,20-21H2,1-5H3,(H,33,38)(H,34,39);7-14,17,20,22-23,35H,6,15-16,18-19H2,1-5H3,(H,31,36)(H,32,37)/t25-,26?;22?,24-,25?;22?,23-/m000/s1.